The van der Waals surface area contributed by atoms with Gasteiger partial charge in [0, 0.05) is 36.0 Å². The molecule has 0 aromatic heterocycles. The van der Waals surface area contributed by atoms with E-state index in [-0.39, 0.29) is 6.42 Å². The summed E-state index contributed by atoms with van der Waals surface area (Å²) in [6.45, 7) is 1.22. The Balaban J connectivity index is 2.09. The molecule has 2 heterocycles. The van der Waals surface area contributed by atoms with Crippen LogP contribution >= 0.6 is 11.6 Å². The molecule has 3 rings (SSSR count). The minimum absolute atomic E-state index is 0.101. The number of hydrogen-bond donors (Lipinski definition) is 1. The van der Waals surface area contributed by atoms with Crippen molar-refractivity contribution >= 4 is 17.6 Å². The molecule has 0 spiro atoms. The van der Waals surface area contributed by atoms with Crippen molar-refractivity contribution < 1.29 is 19.4 Å². The highest BCUT2D eigenvalue weighted by molar-refractivity contribution is 6.33. The van der Waals surface area contributed by atoms with Gasteiger partial charge in [0.2, 0.25) is 0 Å². The number of halogens is 1. The monoisotopic (exact) mass is 268 g/mol. The van der Waals surface area contributed by atoms with Crippen LogP contribution in [0.2, 0.25) is 5.02 Å². The normalized spacial score (nSPS) is 15.8. The van der Waals surface area contributed by atoms with E-state index < -0.39 is 5.97 Å². The highest BCUT2D eigenvalue weighted by Gasteiger charge is 2.30. The zero-order valence-corrected chi connectivity index (χ0v) is 10.5. The Morgan fingerprint density at radius 1 is 1.17 bits per heavy atom. The quantitative estimate of drug-likeness (QED) is 0.913. The van der Waals surface area contributed by atoms with Crippen molar-refractivity contribution in [3.63, 3.8) is 0 Å². The van der Waals surface area contributed by atoms with Crippen molar-refractivity contribution in [2.45, 2.75) is 25.7 Å². The maximum atomic E-state index is 10.7. The van der Waals surface area contributed by atoms with Crippen LogP contribution in [0.1, 0.15) is 23.1 Å². The summed E-state index contributed by atoms with van der Waals surface area (Å²) in [4.78, 5) is 10.7. The molecule has 2 aliphatic rings. The van der Waals surface area contributed by atoms with E-state index in [2.05, 4.69) is 0 Å². The molecule has 4 nitrogen and oxygen atoms in total. The Morgan fingerprint density at radius 2 is 1.83 bits per heavy atom. The molecule has 5 heteroatoms. The molecular formula is C13H13ClO4. The van der Waals surface area contributed by atoms with Crippen LogP contribution in [0.25, 0.3) is 0 Å². The van der Waals surface area contributed by atoms with Gasteiger partial charge in [-0.15, -0.1) is 0 Å². The lowest BCUT2D eigenvalue weighted by Crippen LogP contribution is -2.02. The fourth-order valence-corrected chi connectivity index (χ4v) is 2.99. The van der Waals surface area contributed by atoms with Crippen molar-refractivity contribution in [1.29, 1.82) is 0 Å². The molecule has 0 fully saturated rings. The number of fused-ring (bicyclic) bond motifs is 2. The van der Waals surface area contributed by atoms with E-state index in [1.807, 2.05) is 0 Å². The van der Waals surface area contributed by atoms with Crippen LogP contribution in [-0.2, 0) is 24.1 Å². The number of carboxylic acids is 1. The van der Waals surface area contributed by atoms with E-state index in [0.29, 0.717) is 24.7 Å². The Hall–Kier alpha value is -1.42. The first-order chi connectivity index (χ1) is 8.68. The number of carboxylic acid groups (broad SMARTS) is 1. The summed E-state index contributed by atoms with van der Waals surface area (Å²) < 4.78 is 11.2. The van der Waals surface area contributed by atoms with Gasteiger partial charge in [-0.1, -0.05) is 11.6 Å². The minimum atomic E-state index is -0.802. The van der Waals surface area contributed by atoms with Crippen molar-refractivity contribution in [2.75, 3.05) is 13.2 Å². The van der Waals surface area contributed by atoms with Crippen LogP contribution in [0.3, 0.4) is 0 Å². The topological polar surface area (TPSA) is 55.8 Å². The molecule has 1 aromatic rings. The smallest absolute Gasteiger partial charge is 0.303 e. The summed E-state index contributed by atoms with van der Waals surface area (Å²) in [6, 6.07) is 0. The number of aliphatic carboxylic acids is 1. The van der Waals surface area contributed by atoms with Gasteiger partial charge in [0.25, 0.3) is 0 Å². The second-order valence-corrected chi connectivity index (χ2v) is 4.88. The van der Waals surface area contributed by atoms with E-state index in [1.54, 1.807) is 0 Å². The molecule has 0 amide bonds. The van der Waals surface area contributed by atoms with Gasteiger partial charge in [0.1, 0.15) is 11.5 Å². The molecule has 0 saturated carbocycles. The highest BCUT2D eigenvalue weighted by Crippen LogP contribution is 2.47. The van der Waals surface area contributed by atoms with Crippen LogP contribution in [0, 0.1) is 0 Å². The molecule has 1 N–H and O–H groups in total. The third kappa shape index (κ3) is 1.72. The van der Waals surface area contributed by atoms with Crippen LogP contribution < -0.4 is 9.47 Å². The van der Waals surface area contributed by atoms with Crippen LogP contribution in [0.15, 0.2) is 0 Å². The van der Waals surface area contributed by atoms with E-state index >= 15 is 0 Å². The molecule has 1 aromatic carbocycles. The van der Waals surface area contributed by atoms with Crippen molar-refractivity contribution in [2.24, 2.45) is 0 Å². The van der Waals surface area contributed by atoms with Gasteiger partial charge in [0.05, 0.1) is 18.2 Å². The number of benzene rings is 1. The first-order valence-electron chi connectivity index (χ1n) is 6.02. The Kier molecular flexibility index (Phi) is 2.82. The van der Waals surface area contributed by atoms with Gasteiger partial charge in [-0.2, -0.15) is 0 Å². The van der Waals surface area contributed by atoms with Crippen molar-refractivity contribution in [3.05, 3.63) is 21.7 Å². The second kappa shape index (κ2) is 4.35. The third-order valence-electron chi connectivity index (χ3n) is 3.44. The molecule has 0 bridgehead atoms. The second-order valence-electron chi connectivity index (χ2n) is 4.50. The fourth-order valence-electron chi connectivity index (χ4n) is 2.64. The predicted molar refractivity (Wildman–Crippen MR) is 65.8 cm³/mol. The molecule has 0 atom stereocenters. The first-order valence-corrected chi connectivity index (χ1v) is 6.39. The lowest BCUT2D eigenvalue weighted by molar-refractivity contribution is -0.136. The average Bonchev–Trinajstić information content (AvgIpc) is 2.95. The van der Waals surface area contributed by atoms with Gasteiger partial charge in [0.15, 0.2) is 0 Å². The minimum Gasteiger partial charge on any atom is -0.493 e. The molecule has 0 saturated heterocycles. The third-order valence-corrected chi connectivity index (χ3v) is 3.84. The summed E-state index contributed by atoms with van der Waals surface area (Å²) in [7, 11) is 0. The summed E-state index contributed by atoms with van der Waals surface area (Å²) in [6.07, 6.45) is 2.12. The Morgan fingerprint density at radius 3 is 2.56 bits per heavy atom. The van der Waals surface area contributed by atoms with E-state index in [4.69, 9.17) is 26.2 Å². The van der Waals surface area contributed by atoms with Gasteiger partial charge >= 0.3 is 5.97 Å². The molecular weight excluding hydrogens is 256 g/mol. The van der Waals surface area contributed by atoms with Gasteiger partial charge < -0.3 is 14.6 Å². The van der Waals surface area contributed by atoms with Crippen molar-refractivity contribution in [1.82, 2.24) is 0 Å². The van der Waals surface area contributed by atoms with Crippen LogP contribution in [-0.4, -0.2) is 24.3 Å². The lowest BCUT2D eigenvalue weighted by atomic mass is 9.96. The Labute approximate surface area is 109 Å². The number of carbonyl (C=O) groups is 1. The van der Waals surface area contributed by atoms with Crippen LogP contribution in [0.4, 0.5) is 0 Å². The lowest BCUT2D eigenvalue weighted by Gasteiger charge is -2.13. The molecule has 2 aliphatic heterocycles. The number of rotatable bonds is 3. The summed E-state index contributed by atoms with van der Waals surface area (Å²) in [5.74, 6) is 0.733. The number of hydrogen-bond acceptors (Lipinski definition) is 3. The van der Waals surface area contributed by atoms with Gasteiger partial charge in [-0.05, 0) is 6.42 Å². The summed E-state index contributed by atoms with van der Waals surface area (Å²) in [5, 5.41) is 9.48. The molecule has 0 aliphatic carbocycles. The zero-order valence-electron chi connectivity index (χ0n) is 9.79. The fraction of sp³-hybridized carbons (Fsp3) is 0.462. The SMILES string of the molecule is O=C(O)CCc1c2c(c(Cl)c3c1OCC3)OCC2. The molecule has 0 unspecified atom stereocenters. The van der Waals surface area contributed by atoms with E-state index in [9.17, 15) is 4.79 Å². The highest BCUT2D eigenvalue weighted by atomic mass is 35.5. The van der Waals surface area contributed by atoms with Gasteiger partial charge in [-0.3, -0.25) is 4.79 Å². The Bertz CT molecular complexity index is 489. The van der Waals surface area contributed by atoms with Crippen molar-refractivity contribution in [3.8, 4) is 11.5 Å². The molecule has 18 heavy (non-hydrogen) atoms. The predicted octanol–water partition coefficient (Wildman–Crippen LogP) is 2.23. The molecule has 96 valence electrons. The summed E-state index contributed by atoms with van der Waals surface area (Å²) >= 11 is 6.31. The maximum Gasteiger partial charge on any atom is 0.303 e. The number of ether oxygens (including phenoxy) is 2. The molecule has 0 radical (unpaired) electrons. The zero-order chi connectivity index (χ0) is 12.7. The largest absolute Gasteiger partial charge is 0.493 e. The standard InChI is InChI=1S/C13H13ClO4/c14-11-9-4-6-17-12(9)7(1-2-10(15)16)8-3-5-18-13(8)11/h1-6H2,(H,15,16). The van der Waals surface area contributed by atoms with E-state index in [1.165, 1.54) is 0 Å². The average molecular weight is 269 g/mol. The summed E-state index contributed by atoms with van der Waals surface area (Å²) in [5.41, 5.74) is 2.97. The maximum absolute atomic E-state index is 10.7. The van der Waals surface area contributed by atoms with E-state index in [0.717, 1.165) is 41.0 Å². The van der Waals surface area contributed by atoms with Crippen LogP contribution in [0.5, 0.6) is 11.5 Å². The first kappa shape index (κ1) is 11.7. The van der Waals surface area contributed by atoms with Gasteiger partial charge in [-0.25, -0.2) is 0 Å².